The molecule has 4 aromatic rings. The fraction of sp³-hybridized carbons (Fsp3) is 0.308. The van der Waals surface area contributed by atoms with Crippen molar-refractivity contribution in [1.29, 1.82) is 0 Å². The predicted octanol–water partition coefficient (Wildman–Crippen LogP) is 4.15. The summed E-state index contributed by atoms with van der Waals surface area (Å²) in [7, 11) is 0. The minimum Gasteiger partial charge on any atom is -0.506 e. The number of alkyl halides is 3. The Morgan fingerprint density at radius 3 is 2.50 bits per heavy atom. The quantitative estimate of drug-likeness (QED) is 0.360. The SMILES string of the molecule is C[C@H](N)c1oc(-c2ccc(O)c3nc(C(F)(F)F)ccc23)nc1C(=O)N1CCC(O)(c2ccccn2)CC1. The first kappa shape index (κ1) is 25.6. The van der Waals surface area contributed by atoms with E-state index < -0.39 is 35.2 Å². The van der Waals surface area contributed by atoms with E-state index in [0.29, 0.717) is 5.69 Å². The second-order valence-electron chi connectivity index (χ2n) is 9.28. The summed E-state index contributed by atoms with van der Waals surface area (Å²) in [6, 6.07) is 9.13. The summed E-state index contributed by atoms with van der Waals surface area (Å²) >= 11 is 0. The predicted molar refractivity (Wildman–Crippen MR) is 130 cm³/mol. The molecule has 0 radical (unpaired) electrons. The molecular formula is C26H24F3N5O4. The first-order chi connectivity index (χ1) is 18.0. The molecule has 0 bridgehead atoms. The van der Waals surface area contributed by atoms with Gasteiger partial charge in [-0.1, -0.05) is 6.07 Å². The summed E-state index contributed by atoms with van der Waals surface area (Å²) in [6.07, 6.45) is -2.56. The highest BCUT2D eigenvalue weighted by Crippen LogP contribution is 2.38. The number of amides is 1. The third-order valence-corrected chi connectivity index (χ3v) is 6.65. The zero-order chi connectivity index (χ0) is 27.2. The number of aromatic hydroxyl groups is 1. The van der Waals surface area contributed by atoms with Crippen molar-refractivity contribution in [2.75, 3.05) is 13.1 Å². The molecule has 38 heavy (non-hydrogen) atoms. The number of nitrogens with two attached hydrogens (primary N) is 1. The van der Waals surface area contributed by atoms with Crippen LogP contribution < -0.4 is 5.73 Å². The summed E-state index contributed by atoms with van der Waals surface area (Å²) in [4.78, 5) is 27.2. The first-order valence-electron chi connectivity index (χ1n) is 11.9. The normalized spacial score (nSPS) is 16.5. The number of phenolic OH excluding ortho intramolecular Hbond substituents is 1. The van der Waals surface area contributed by atoms with Crippen LogP contribution in [0.15, 0.2) is 53.1 Å². The molecule has 12 heteroatoms. The molecule has 1 aromatic carbocycles. The van der Waals surface area contributed by atoms with Gasteiger partial charge in [-0.3, -0.25) is 9.78 Å². The largest absolute Gasteiger partial charge is 0.506 e. The van der Waals surface area contributed by atoms with E-state index in [1.54, 1.807) is 31.3 Å². The highest BCUT2D eigenvalue weighted by molar-refractivity contribution is 5.98. The zero-order valence-corrected chi connectivity index (χ0v) is 20.2. The second-order valence-corrected chi connectivity index (χ2v) is 9.28. The maximum atomic E-state index is 13.5. The molecule has 0 aliphatic carbocycles. The van der Waals surface area contributed by atoms with E-state index in [0.717, 1.165) is 6.07 Å². The van der Waals surface area contributed by atoms with Gasteiger partial charge in [0.05, 0.1) is 11.7 Å². The fourth-order valence-corrected chi connectivity index (χ4v) is 4.58. The van der Waals surface area contributed by atoms with Crippen LogP contribution in [0, 0.1) is 0 Å². The van der Waals surface area contributed by atoms with Gasteiger partial charge in [0.15, 0.2) is 11.5 Å². The molecule has 1 fully saturated rings. The van der Waals surface area contributed by atoms with E-state index in [-0.39, 0.29) is 59.7 Å². The van der Waals surface area contributed by atoms with E-state index in [1.807, 2.05) is 0 Å². The summed E-state index contributed by atoms with van der Waals surface area (Å²) in [6.45, 7) is 2.08. The van der Waals surface area contributed by atoms with Crippen LogP contribution in [0.3, 0.4) is 0 Å². The van der Waals surface area contributed by atoms with Crippen molar-refractivity contribution >= 4 is 16.8 Å². The fourth-order valence-electron chi connectivity index (χ4n) is 4.58. The lowest BCUT2D eigenvalue weighted by molar-refractivity contribution is -0.140. The Labute approximate surface area is 214 Å². The maximum absolute atomic E-state index is 13.5. The number of halogens is 3. The van der Waals surface area contributed by atoms with Crippen LogP contribution in [-0.2, 0) is 11.8 Å². The lowest BCUT2D eigenvalue weighted by atomic mass is 9.87. The molecule has 1 atom stereocenters. The van der Waals surface area contributed by atoms with Gasteiger partial charge in [0.1, 0.15) is 22.6 Å². The number of hydrogen-bond acceptors (Lipinski definition) is 8. The van der Waals surface area contributed by atoms with E-state index in [1.165, 1.54) is 23.1 Å². The van der Waals surface area contributed by atoms with Gasteiger partial charge in [-0.25, -0.2) is 9.97 Å². The smallest absolute Gasteiger partial charge is 0.433 e. The summed E-state index contributed by atoms with van der Waals surface area (Å²) < 4.78 is 45.4. The Morgan fingerprint density at radius 1 is 1.13 bits per heavy atom. The lowest BCUT2D eigenvalue weighted by Gasteiger charge is -2.37. The number of piperidine rings is 1. The average Bonchev–Trinajstić information content (AvgIpc) is 3.34. The Bertz CT molecular complexity index is 1500. The highest BCUT2D eigenvalue weighted by Gasteiger charge is 2.38. The molecule has 198 valence electrons. The van der Waals surface area contributed by atoms with Gasteiger partial charge < -0.3 is 25.3 Å². The number of benzene rings is 1. The number of carbonyl (C=O) groups is 1. The monoisotopic (exact) mass is 527 g/mol. The van der Waals surface area contributed by atoms with Crippen LogP contribution in [0.1, 0.15) is 53.4 Å². The molecule has 1 aliphatic rings. The van der Waals surface area contributed by atoms with Crippen LogP contribution >= 0.6 is 0 Å². The summed E-state index contributed by atoms with van der Waals surface area (Å²) in [5.74, 6) is -0.833. The highest BCUT2D eigenvalue weighted by atomic mass is 19.4. The number of fused-ring (bicyclic) bond motifs is 1. The Hall–Kier alpha value is -4.03. The number of likely N-dealkylation sites (tertiary alicyclic amines) is 1. The number of aromatic nitrogens is 3. The summed E-state index contributed by atoms with van der Waals surface area (Å²) in [5, 5.41) is 21.4. The van der Waals surface area contributed by atoms with Gasteiger partial charge in [0.25, 0.3) is 5.91 Å². The number of carbonyl (C=O) groups excluding carboxylic acids is 1. The molecular weight excluding hydrogens is 503 g/mol. The first-order valence-corrected chi connectivity index (χ1v) is 11.9. The van der Waals surface area contributed by atoms with Gasteiger partial charge in [-0.15, -0.1) is 0 Å². The molecule has 5 rings (SSSR count). The maximum Gasteiger partial charge on any atom is 0.433 e. The topological polar surface area (TPSA) is 139 Å². The number of oxazole rings is 1. The van der Waals surface area contributed by atoms with E-state index in [4.69, 9.17) is 10.2 Å². The van der Waals surface area contributed by atoms with Crippen LogP contribution in [0.4, 0.5) is 13.2 Å². The second kappa shape index (κ2) is 9.37. The van der Waals surface area contributed by atoms with Gasteiger partial charge >= 0.3 is 6.18 Å². The number of pyridine rings is 2. The molecule has 3 aromatic heterocycles. The van der Waals surface area contributed by atoms with Crippen LogP contribution in [0.2, 0.25) is 0 Å². The van der Waals surface area contributed by atoms with E-state index >= 15 is 0 Å². The van der Waals surface area contributed by atoms with Crippen LogP contribution in [0.25, 0.3) is 22.4 Å². The van der Waals surface area contributed by atoms with Gasteiger partial charge in [0.2, 0.25) is 5.89 Å². The molecule has 0 saturated carbocycles. The van der Waals surface area contributed by atoms with Gasteiger partial charge in [-0.2, -0.15) is 13.2 Å². The van der Waals surface area contributed by atoms with Crippen molar-refractivity contribution in [3.8, 4) is 17.2 Å². The number of aliphatic hydroxyl groups is 1. The van der Waals surface area contributed by atoms with Crippen molar-refractivity contribution in [2.45, 2.75) is 37.6 Å². The van der Waals surface area contributed by atoms with Crippen LogP contribution in [-0.4, -0.2) is 49.1 Å². The molecule has 4 N–H and O–H groups in total. The molecule has 1 amide bonds. The van der Waals surface area contributed by atoms with Crippen molar-refractivity contribution < 1.29 is 32.6 Å². The van der Waals surface area contributed by atoms with Crippen molar-refractivity contribution in [3.63, 3.8) is 0 Å². The Kier molecular flexibility index (Phi) is 6.32. The van der Waals surface area contributed by atoms with Gasteiger partial charge in [-0.05, 0) is 56.2 Å². The lowest BCUT2D eigenvalue weighted by Crippen LogP contribution is -2.45. The van der Waals surface area contributed by atoms with Crippen molar-refractivity contribution in [1.82, 2.24) is 19.9 Å². The molecule has 0 unspecified atom stereocenters. The minimum absolute atomic E-state index is 0.0284. The zero-order valence-electron chi connectivity index (χ0n) is 20.2. The molecule has 1 saturated heterocycles. The van der Waals surface area contributed by atoms with E-state index in [2.05, 4.69) is 15.0 Å². The standard InChI is InChI=1S/C26H24F3N5O4/c1-14(30)22-21(24(36)34-12-9-25(37,10-13-34)18-4-2-3-11-31-18)33-23(38-22)16-5-7-17(35)20-15(16)6-8-19(32-20)26(27,28)29/h2-8,11,14,35,37H,9-10,12-13,30H2,1H3/t14-/m0/s1. The molecule has 4 heterocycles. The van der Waals surface area contributed by atoms with E-state index in [9.17, 15) is 28.2 Å². The number of rotatable bonds is 4. The Balaban J connectivity index is 1.47. The average molecular weight is 528 g/mol. The minimum atomic E-state index is -4.70. The molecule has 1 aliphatic heterocycles. The third kappa shape index (κ3) is 4.56. The van der Waals surface area contributed by atoms with Crippen molar-refractivity contribution in [2.24, 2.45) is 5.73 Å². The van der Waals surface area contributed by atoms with Crippen molar-refractivity contribution in [3.05, 3.63) is 71.5 Å². The number of nitrogens with zero attached hydrogens (tertiary/aromatic N) is 4. The van der Waals surface area contributed by atoms with Gasteiger partial charge in [0, 0.05) is 30.2 Å². The third-order valence-electron chi connectivity index (χ3n) is 6.65. The Morgan fingerprint density at radius 2 is 1.87 bits per heavy atom. The molecule has 0 spiro atoms. The van der Waals surface area contributed by atoms with Crippen LogP contribution in [0.5, 0.6) is 5.75 Å². The number of phenols is 1. The number of hydrogen-bond donors (Lipinski definition) is 3. The summed E-state index contributed by atoms with van der Waals surface area (Å²) in [5.41, 5.74) is 4.21. The molecule has 9 nitrogen and oxygen atoms in total.